The minimum absolute atomic E-state index is 0.0155. The molecule has 1 aliphatic carbocycles. The van der Waals surface area contributed by atoms with Crippen LogP contribution >= 0.6 is 34.8 Å². The predicted molar refractivity (Wildman–Crippen MR) is 145 cm³/mol. The largest absolute Gasteiger partial charge is 0.512 e. The second-order valence-corrected chi connectivity index (χ2v) is 10.4. The van der Waals surface area contributed by atoms with E-state index in [1.165, 1.54) is 0 Å². The van der Waals surface area contributed by atoms with E-state index < -0.39 is 0 Å². The Balaban J connectivity index is 1.33. The molecule has 0 bridgehead atoms. The van der Waals surface area contributed by atoms with Crippen LogP contribution in [0.2, 0.25) is 15.1 Å². The first-order valence-electron chi connectivity index (χ1n) is 11.9. The molecule has 2 aliphatic rings. The summed E-state index contributed by atoms with van der Waals surface area (Å²) < 4.78 is 12.2. The molecular formula is C29H23Cl3N2O3. The van der Waals surface area contributed by atoms with E-state index in [0.717, 1.165) is 42.6 Å². The van der Waals surface area contributed by atoms with Crippen LogP contribution in [0.4, 0.5) is 0 Å². The van der Waals surface area contributed by atoms with Crippen molar-refractivity contribution in [1.29, 1.82) is 10.7 Å². The second-order valence-electron chi connectivity index (χ2n) is 9.16. The van der Waals surface area contributed by atoms with Crippen molar-refractivity contribution in [2.24, 2.45) is 5.92 Å². The number of hydrogen-bond donors (Lipinski definition) is 2. The smallest absolute Gasteiger partial charge is 0.125 e. The highest BCUT2D eigenvalue weighted by Crippen LogP contribution is 2.40. The number of benzene rings is 3. The van der Waals surface area contributed by atoms with E-state index in [1.807, 2.05) is 18.2 Å². The summed E-state index contributed by atoms with van der Waals surface area (Å²) in [6.45, 7) is -0.0348. The number of hydrogen-bond acceptors (Lipinski definition) is 5. The van der Waals surface area contributed by atoms with Crippen molar-refractivity contribution in [2.45, 2.75) is 31.8 Å². The van der Waals surface area contributed by atoms with Crippen molar-refractivity contribution in [3.8, 4) is 17.6 Å². The first-order valence-corrected chi connectivity index (χ1v) is 13.1. The molecule has 1 atom stereocenters. The average Bonchev–Trinajstić information content (AvgIpc) is 3.74. The quantitative estimate of drug-likeness (QED) is 0.228. The number of aliphatic hydroxyl groups excluding tert-OH is 1. The maximum absolute atomic E-state index is 10.8. The van der Waals surface area contributed by atoms with Crippen LogP contribution in [0.5, 0.6) is 11.5 Å². The Morgan fingerprint density at radius 3 is 2.46 bits per heavy atom. The Morgan fingerprint density at radius 2 is 1.78 bits per heavy atom. The van der Waals surface area contributed by atoms with Gasteiger partial charge < -0.3 is 14.6 Å². The predicted octanol–water partition coefficient (Wildman–Crippen LogP) is 8.25. The number of nitrogens with zero attached hydrogens (tertiary/aromatic N) is 1. The zero-order valence-electron chi connectivity index (χ0n) is 19.7. The molecule has 188 valence electrons. The number of halogens is 3. The van der Waals surface area contributed by atoms with Gasteiger partial charge in [0.1, 0.15) is 30.0 Å². The maximum atomic E-state index is 10.8. The zero-order valence-corrected chi connectivity index (χ0v) is 22.0. The van der Waals surface area contributed by atoms with Crippen LogP contribution in [0.1, 0.15) is 47.6 Å². The van der Waals surface area contributed by atoms with E-state index in [9.17, 15) is 5.11 Å². The van der Waals surface area contributed by atoms with Gasteiger partial charge in [0.2, 0.25) is 0 Å². The van der Waals surface area contributed by atoms with Crippen LogP contribution in [0.25, 0.3) is 0 Å². The number of aryl methyl sites for hydroxylation is 1. The van der Waals surface area contributed by atoms with Crippen LogP contribution in [-0.4, -0.2) is 17.4 Å². The number of nitrogens with one attached hydrogen (secondary N) is 1. The minimum Gasteiger partial charge on any atom is -0.512 e. The number of aliphatic hydroxyl groups is 1. The molecule has 0 saturated heterocycles. The van der Waals surface area contributed by atoms with E-state index >= 15 is 0 Å². The SMILES string of the molecule is N#Cc1ccc2c(c1)CCC(c1ccc(OC/C(C(=N)c3c(Cl)cccc3Cl)=C(/O)C3CC3)cc1Cl)O2. The molecule has 37 heavy (non-hydrogen) atoms. The van der Waals surface area contributed by atoms with Gasteiger partial charge in [-0.3, -0.25) is 5.41 Å². The average molecular weight is 554 g/mol. The van der Waals surface area contributed by atoms with Gasteiger partial charge in [0.25, 0.3) is 0 Å². The highest BCUT2D eigenvalue weighted by atomic mass is 35.5. The van der Waals surface area contributed by atoms with Crippen molar-refractivity contribution in [3.05, 3.63) is 103 Å². The van der Waals surface area contributed by atoms with Gasteiger partial charge in [-0.2, -0.15) is 5.26 Å². The number of allylic oxidation sites excluding steroid dienone is 1. The Hall–Kier alpha value is -3.17. The van der Waals surface area contributed by atoms with Gasteiger partial charge in [0.05, 0.1) is 38.0 Å². The number of nitriles is 1. The summed E-state index contributed by atoms with van der Waals surface area (Å²) in [6.07, 6.45) is 3.03. The second kappa shape index (κ2) is 10.7. The van der Waals surface area contributed by atoms with E-state index in [0.29, 0.717) is 37.5 Å². The summed E-state index contributed by atoms with van der Waals surface area (Å²) in [6, 6.07) is 18.0. The van der Waals surface area contributed by atoms with E-state index in [4.69, 9.17) is 54.9 Å². The molecule has 1 unspecified atom stereocenters. The van der Waals surface area contributed by atoms with Crippen LogP contribution < -0.4 is 9.47 Å². The summed E-state index contributed by atoms with van der Waals surface area (Å²) in [7, 11) is 0. The topological polar surface area (TPSA) is 86.3 Å². The normalized spacial score (nSPS) is 17.2. The molecule has 0 aromatic heterocycles. The van der Waals surface area contributed by atoms with Gasteiger partial charge in [0, 0.05) is 17.0 Å². The molecule has 1 aliphatic heterocycles. The van der Waals surface area contributed by atoms with Gasteiger partial charge in [-0.1, -0.05) is 46.9 Å². The summed E-state index contributed by atoms with van der Waals surface area (Å²) in [4.78, 5) is 0. The third-order valence-electron chi connectivity index (χ3n) is 6.62. The number of ether oxygens (including phenoxy) is 2. The van der Waals surface area contributed by atoms with Crippen molar-refractivity contribution >= 4 is 40.5 Å². The highest BCUT2D eigenvalue weighted by molar-refractivity contribution is 6.41. The van der Waals surface area contributed by atoms with E-state index in [-0.39, 0.29) is 30.1 Å². The van der Waals surface area contributed by atoms with Gasteiger partial charge >= 0.3 is 0 Å². The number of fused-ring (bicyclic) bond motifs is 1. The fraction of sp³-hybridized carbons (Fsp3) is 0.241. The van der Waals surface area contributed by atoms with Crippen molar-refractivity contribution < 1.29 is 14.6 Å². The molecule has 1 fully saturated rings. The molecule has 8 heteroatoms. The molecule has 0 amide bonds. The molecule has 3 aromatic rings. The molecule has 1 heterocycles. The minimum atomic E-state index is -0.216. The molecule has 1 saturated carbocycles. The molecule has 5 rings (SSSR count). The molecule has 3 aromatic carbocycles. The number of rotatable bonds is 7. The van der Waals surface area contributed by atoms with Crippen LogP contribution in [0, 0.1) is 22.7 Å². The Kier molecular flexibility index (Phi) is 7.35. The fourth-order valence-electron chi connectivity index (χ4n) is 4.46. The zero-order chi connectivity index (χ0) is 26.1. The Bertz CT molecular complexity index is 1440. The lowest BCUT2D eigenvalue weighted by Gasteiger charge is -2.27. The maximum Gasteiger partial charge on any atom is 0.125 e. The molecule has 2 N–H and O–H groups in total. The summed E-state index contributed by atoms with van der Waals surface area (Å²) in [5, 5.41) is 29.9. The Labute approximate surface area is 230 Å². The third kappa shape index (κ3) is 5.43. The lowest BCUT2D eigenvalue weighted by Crippen LogP contribution is -2.17. The summed E-state index contributed by atoms with van der Waals surface area (Å²) in [5.41, 5.74) is 3.23. The van der Waals surface area contributed by atoms with Crippen molar-refractivity contribution in [3.63, 3.8) is 0 Å². The first kappa shape index (κ1) is 25.5. The lowest BCUT2D eigenvalue weighted by atomic mass is 9.96. The van der Waals surface area contributed by atoms with Crippen LogP contribution in [0.3, 0.4) is 0 Å². The first-order chi connectivity index (χ1) is 17.9. The van der Waals surface area contributed by atoms with Gasteiger partial charge in [-0.15, -0.1) is 0 Å². The molecule has 0 spiro atoms. The molecule has 5 nitrogen and oxygen atoms in total. The lowest BCUT2D eigenvalue weighted by molar-refractivity contribution is 0.176. The molecule has 0 radical (unpaired) electrons. The van der Waals surface area contributed by atoms with Crippen LogP contribution in [0.15, 0.2) is 65.9 Å². The van der Waals surface area contributed by atoms with E-state index in [1.54, 1.807) is 36.4 Å². The van der Waals surface area contributed by atoms with Gasteiger partial charge in [0.15, 0.2) is 0 Å². The standard InChI is InChI=1S/C29H23Cl3N2O3/c30-22-2-1-3-23(31)27(22)28(34)21(29(35)17-5-6-17)15-36-19-8-9-20(24(32)13-19)26-11-7-18-12-16(14-33)4-10-25(18)37-26/h1-4,8-10,12-13,17,26,34-35H,5-7,11,15H2/b29-21-,34-28?. The Morgan fingerprint density at radius 1 is 1.03 bits per heavy atom. The monoisotopic (exact) mass is 552 g/mol. The third-order valence-corrected chi connectivity index (χ3v) is 7.58. The van der Waals surface area contributed by atoms with E-state index in [2.05, 4.69) is 6.07 Å². The summed E-state index contributed by atoms with van der Waals surface area (Å²) in [5.74, 6) is 1.41. The van der Waals surface area contributed by atoms with Crippen LogP contribution in [-0.2, 0) is 6.42 Å². The fourth-order valence-corrected chi connectivity index (χ4v) is 5.33. The van der Waals surface area contributed by atoms with Crippen molar-refractivity contribution in [1.82, 2.24) is 0 Å². The summed E-state index contributed by atoms with van der Waals surface area (Å²) >= 11 is 19.3. The highest BCUT2D eigenvalue weighted by Gasteiger charge is 2.31. The van der Waals surface area contributed by atoms with Gasteiger partial charge in [-0.05, 0) is 73.7 Å². The van der Waals surface area contributed by atoms with Crippen molar-refractivity contribution in [2.75, 3.05) is 6.61 Å². The van der Waals surface area contributed by atoms with Gasteiger partial charge in [-0.25, -0.2) is 0 Å². The molecular weight excluding hydrogens is 531 g/mol.